The zero-order valence-electron chi connectivity index (χ0n) is 19.4. The van der Waals surface area contributed by atoms with Gasteiger partial charge >= 0.3 is 11.9 Å². The first-order chi connectivity index (χ1) is 15.0. The summed E-state index contributed by atoms with van der Waals surface area (Å²) < 4.78 is 10.3. The molecule has 0 aliphatic rings. The lowest BCUT2D eigenvalue weighted by Crippen LogP contribution is -2.05. The Hall–Kier alpha value is -2.62. The van der Waals surface area contributed by atoms with Crippen LogP contribution in [0.5, 0.6) is 11.5 Å². The molecule has 1 aromatic carbocycles. The summed E-state index contributed by atoms with van der Waals surface area (Å²) in [5, 5.41) is 0. The van der Waals surface area contributed by atoms with Crippen LogP contribution in [-0.2, 0) is 16.0 Å². The topological polar surface area (TPSA) is 52.6 Å². The van der Waals surface area contributed by atoms with Crippen molar-refractivity contribution in [2.45, 2.75) is 85.0 Å². The maximum atomic E-state index is 11.2. The van der Waals surface area contributed by atoms with Crippen LogP contribution in [0.4, 0.5) is 0 Å². The largest absolute Gasteiger partial charge is 0.427 e. The van der Waals surface area contributed by atoms with E-state index in [0.717, 1.165) is 50.5 Å². The van der Waals surface area contributed by atoms with E-state index in [0.29, 0.717) is 11.5 Å². The van der Waals surface area contributed by atoms with Crippen molar-refractivity contribution in [3.05, 3.63) is 60.2 Å². The standard InChI is InChI=1S/C27H38O4/c1-4-5-6-7-8-9-10-11-12-13-14-15-16-17-18-19-25-20-26(30-23(2)28)22-27(21-25)31-24(3)29/h5-6,8-9,11-12,20-22H,4,7,10,13-19H2,1-3H3/b6-5-,9-8-,12-11-. The number of ether oxygens (including phenoxy) is 2. The zero-order chi connectivity index (χ0) is 22.7. The minimum Gasteiger partial charge on any atom is -0.427 e. The number of aryl methyl sites for hydroxylation is 1. The van der Waals surface area contributed by atoms with Gasteiger partial charge in [0.25, 0.3) is 0 Å². The highest BCUT2D eigenvalue weighted by molar-refractivity contribution is 5.71. The fourth-order valence-corrected chi connectivity index (χ4v) is 3.17. The summed E-state index contributed by atoms with van der Waals surface area (Å²) in [6, 6.07) is 5.25. The van der Waals surface area contributed by atoms with Crippen LogP contribution in [0.2, 0.25) is 0 Å². The Labute approximate surface area is 188 Å². The van der Waals surface area contributed by atoms with Crippen LogP contribution in [0.1, 0.15) is 84.1 Å². The molecular weight excluding hydrogens is 388 g/mol. The van der Waals surface area contributed by atoms with E-state index in [1.165, 1.54) is 33.1 Å². The molecule has 31 heavy (non-hydrogen) atoms. The predicted octanol–water partition coefficient (Wildman–Crippen LogP) is 7.28. The summed E-state index contributed by atoms with van der Waals surface area (Å²) in [6.45, 7) is 4.87. The fraction of sp³-hybridized carbons (Fsp3) is 0.481. The summed E-state index contributed by atoms with van der Waals surface area (Å²) in [6.07, 6.45) is 24.4. The van der Waals surface area contributed by atoms with Gasteiger partial charge in [-0.2, -0.15) is 0 Å². The monoisotopic (exact) mass is 426 g/mol. The molecule has 1 aromatic rings. The van der Waals surface area contributed by atoms with Crippen LogP contribution in [0.3, 0.4) is 0 Å². The third kappa shape index (κ3) is 14.9. The molecule has 0 fully saturated rings. The molecule has 0 aromatic heterocycles. The lowest BCUT2D eigenvalue weighted by Gasteiger charge is -2.09. The third-order valence-electron chi connectivity index (χ3n) is 4.58. The number of hydrogen-bond acceptors (Lipinski definition) is 4. The highest BCUT2D eigenvalue weighted by Gasteiger charge is 2.07. The van der Waals surface area contributed by atoms with E-state index in [-0.39, 0.29) is 11.9 Å². The number of esters is 2. The molecule has 0 amide bonds. The molecule has 0 saturated carbocycles. The Morgan fingerprint density at radius 3 is 1.81 bits per heavy atom. The average Bonchev–Trinajstić information content (AvgIpc) is 2.69. The first kappa shape index (κ1) is 26.4. The summed E-state index contributed by atoms with van der Waals surface area (Å²) in [7, 11) is 0. The number of hydrogen-bond donors (Lipinski definition) is 0. The molecule has 0 bridgehead atoms. The van der Waals surface area contributed by atoms with Gasteiger partial charge in [0.2, 0.25) is 0 Å². The quantitative estimate of drug-likeness (QED) is 0.128. The van der Waals surface area contributed by atoms with Crippen LogP contribution in [0.25, 0.3) is 0 Å². The van der Waals surface area contributed by atoms with Gasteiger partial charge in [-0.1, -0.05) is 62.6 Å². The molecule has 1 rings (SSSR count). The normalized spacial score (nSPS) is 11.6. The van der Waals surface area contributed by atoms with Crippen molar-refractivity contribution in [2.24, 2.45) is 0 Å². The minimum absolute atomic E-state index is 0.389. The Balaban J connectivity index is 2.21. The number of carbonyl (C=O) groups excluding carboxylic acids is 2. The molecule has 0 aliphatic heterocycles. The van der Waals surface area contributed by atoms with Gasteiger partial charge in [-0.05, 0) is 62.6 Å². The van der Waals surface area contributed by atoms with E-state index in [1.54, 1.807) is 6.07 Å². The molecule has 0 unspecified atom stereocenters. The third-order valence-corrected chi connectivity index (χ3v) is 4.58. The van der Waals surface area contributed by atoms with Gasteiger partial charge in [0.05, 0.1) is 0 Å². The molecule has 0 N–H and O–H groups in total. The number of benzene rings is 1. The van der Waals surface area contributed by atoms with Crippen LogP contribution < -0.4 is 9.47 Å². The van der Waals surface area contributed by atoms with Crippen molar-refractivity contribution in [1.82, 2.24) is 0 Å². The average molecular weight is 427 g/mol. The second-order valence-corrected chi connectivity index (χ2v) is 7.60. The van der Waals surface area contributed by atoms with E-state index < -0.39 is 0 Å². The smallest absolute Gasteiger partial charge is 0.308 e. The van der Waals surface area contributed by atoms with E-state index in [4.69, 9.17) is 9.47 Å². The summed E-state index contributed by atoms with van der Waals surface area (Å²) in [4.78, 5) is 22.5. The summed E-state index contributed by atoms with van der Waals surface area (Å²) >= 11 is 0. The van der Waals surface area contributed by atoms with E-state index in [9.17, 15) is 9.59 Å². The Morgan fingerprint density at radius 2 is 1.23 bits per heavy atom. The van der Waals surface area contributed by atoms with E-state index in [1.807, 2.05) is 12.1 Å². The predicted molar refractivity (Wildman–Crippen MR) is 127 cm³/mol. The van der Waals surface area contributed by atoms with Crippen molar-refractivity contribution in [3.63, 3.8) is 0 Å². The van der Waals surface area contributed by atoms with Gasteiger partial charge in [0, 0.05) is 19.9 Å². The number of allylic oxidation sites excluding steroid dienone is 6. The van der Waals surface area contributed by atoms with Crippen molar-refractivity contribution in [2.75, 3.05) is 0 Å². The van der Waals surface area contributed by atoms with Gasteiger partial charge in [0.1, 0.15) is 11.5 Å². The lowest BCUT2D eigenvalue weighted by molar-refractivity contribution is -0.132. The van der Waals surface area contributed by atoms with Crippen LogP contribution >= 0.6 is 0 Å². The van der Waals surface area contributed by atoms with Crippen molar-refractivity contribution >= 4 is 11.9 Å². The summed E-state index contributed by atoms with van der Waals surface area (Å²) in [5.41, 5.74) is 1.01. The Bertz CT molecular complexity index is 709. The molecule has 0 heterocycles. The molecule has 4 nitrogen and oxygen atoms in total. The molecule has 0 radical (unpaired) electrons. The van der Waals surface area contributed by atoms with Crippen molar-refractivity contribution in [3.8, 4) is 11.5 Å². The SMILES string of the molecule is CC/C=C\C/C=C\C/C=C\CCCCCCCc1cc(OC(C)=O)cc(OC(C)=O)c1. The van der Waals surface area contributed by atoms with Crippen LogP contribution in [0.15, 0.2) is 54.7 Å². The molecular formula is C27H38O4. The van der Waals surface area contributed by atoms with E-state index >= 15 is 0 Å². The number of carbonyl (C=O) groups is 2. The Kier molecular flexibility index (Phi) is 14.6. The van der Waals surface area contributed by atoms with Crippen LogP contribution in [0, 0.1) is 0 Å². The zero-order valence-corrected chi connectivity index (χ0v) is 19.4. The van der Waals surface area contributed by atoms with Crippen molar-refractivity contribution < 1.29 is 19.1 Å². The Morgan fingerprint density at radius 1 is 0.710 bits per heavy atom. The summed E-state index contributed by atoms with van der Waals surface area (Å²) in [5.74, 6) is 0.0564. The van der Waals surface area contributed by atoms with E-state index in [2.05, 4.69) is 43.4 Å². The molecule has 0 saturated heterocycles. The highest BCUT2D eigenvalue weighted by Crippen LogP contribution is 2.25. The second-order valence-electron chi connectivity index (χ2n) is 7.60. The first-order valence-electron chi connectivity index (χ1n) is 11.5. The van der Waals surface area contributed by atoms with Crippen LogP contribution in [-0.4, -0.2) is 11.9 Å². The molecule has 0 spiro atoms. The minimum atomic E-state index is -0.389. The van der Waals surface area contributed by atoms with Gasteiger partial charge in [-0.25, -0.2) is 0 Å². The fourth-order valence-electron chi connectivity index (χ4n) is 3.17. The molecule has 170 valence electrons. The maximum absolute atomic E-state index is 11.2. The maximum Gasteiger partial charge on any atom is 0.308 e. The number of rotatable bonds is 15. The van der Waals surface area contributed by atoms with Gasteiger partial charge in [-0.15, -0.1) is 0 Å². The van der Waals surface area contributed by atoms with Gasteiger partial charge in [-0.3, -0.25) is 9.59 Å². The number of unbranched alkanes of at least 4 members (excludes halogenated alkanes) is 5. The first-order valence-corrected chi connectivity index (χ1v) is 11.5. The van der Waals surface area contributed by atoms with Gasteiger partial charge in [0.15, 0.2) is 0 Å². The highest BCUT2D eigenvalue weighted by atomic mass is 16.5. The lowest BCUT2D eigenvalue weighted by atomic mass is 10.0. The molecule has 4 heteroatoms. The second kappa shape index (κ2) is 17.1. The van der Waals surface area contributed by atoms with Gasteiger partial charge < -0.3 is 9.47 Å². The molecule has 0 aliphatic carbocycles. The van der Waals surface area contributed by atoms with Crippen molar-refractivity contribution in [1.29, 1.82) is 0 Å². The molecule has 0 atom stereocenters.